The lowest BCUT2D eigenvalue weighted by Crippen LogP contribution is -2.38. The van der Waals surface area contributed by atoms with Crippen LogP contribution in [0.25, 0.3) is 6.08 Å². The van der Waals surface area contributed by atoms with Crippen molar-refractivity contribution in [2.75, 3.05) is 50.1 Å². The van der Waals surface area contributed by atoms with E-state index < -0.39 is 0 Å². The maximum Gasteiger partial charge on any atom is 0.229 e. The molecule has 8 nitrogen and oxygen atoms in total. The third-order valence-electron chi connectivity index (χ3n) is 6.16. The van der Waals surface area contributed by atoms with Gasteiger partial charge in [-0.25, -0.2) is 9.37 Å². The summed E-state index contributed by atoms with van der Waals surface area (Å²) >= 11 is 0. The van der Waals surface area contributed by atoms with Gasteiger partial charge < -0.3 is 20.1 Å². The van der Waals surface area contributed by atoms with E-state index in [0.717, 1.165) is 61.8 Å². The molecule has 1 saturated heterocycles. The molecule has 0 amide bonds. The summed E-state index contributed by atoms with van der Waals surface area (Å²) in [6.07, 6.45) is 4.01. The second-order valence-corrected chi connectivity index (χ2v) is 8.82. The van der Waals surface area contributed by atoms with Crippen LogP contribution in [0.1, 0.15) is 23.6 Å². The summed E-state index contributed by atoms with van der Waals surface area (Å²) in [7, 11) is 0. The van der Waals surface area contributed by atoms with E-state index >= 15 is 4.39 Å². The largest absolute Gasteiger partial charge is 0.492 e. The predicted octanol–water partition coefficient (Wildman–Crippen LogP) is 4.64. The molecule has 0 saturated carbocycles. The molecule has 5 rings (SSSR count). The zero-order valence-electron chi connectivity index (χ0n) is 20.1. The maximum atomic E-state index is 15.1. The number of hydrogen-bond donors (Lipinski definition) is 2. The Morgan fingerprint density at radius 3 is 2.89 bits per heavy atom. The summed E-state index contributed by atoms with van der Waals surface area (Å²) in [5.41, 5.74) is 3.85. The van der Waals surface area contributed by atoms with Crippen molar-refractivity contribution in [1.82, 2.24) is 14.9 Å². The Bertz CT molecular complexity index is 1330. The van der Waals surface area contributed by atoms with Crippen LogP contribution >= 0.6 is 0 Å². The van der Waals surface area contributed by atoms with Crippen LogP contribution in [0.4, 0.5) is 27.5 Å². The number of allylic oxidation sites excluding steroid dienone is 1. The van der Waals surface area contributed by atoms with E-state index in [0.29, 0.717) is 12.2 Å². The van der Waals surface area contributed by atoms with E-state index in [2.05, 4.69) is 31.6 Å². The van der Waals surface area contributed by atoms with E-state index in [1.165, 1.54) is 6.20 Å². The second kappa shape index (κ2) is 10.7. The molecule has 1 fully saturated rings. The van der Waals surface area contributed by atoms with Gasteiger partial charge in [0.05, 0.1) is 25.1 Å². The first-order chi connectivity index (χ1) is 17.6. The van der Waals surface area contributed by atoms with Crippen LogP contribution in [-0.4, -0.2) is 54.3 Å². The maximum absolute atomic E-state index is 15.1. The number of anilines is 4. The fourth-order valence-corrected chi connectivity index (χ4v) is 4.29. The number of nitriles is 1. The van der Waals surface area contributed by atoms with Crippen molar-refractivity contribution in [3.8, 4) is 11.8 Å². The number of fused-ring (bicyclic) bond motifs is 1. The number of halogens is 1. The van der Waals surface area contributed by atoms with E-state index in [-0.39, 0.29) is 28.8 Å². The van der Waals surface area contributed by atoms with Gasteiger partial charge in [-0.05, 0) is 37.1 Å². The first kappa shape index (κ1) is 23.7. The molecule has 2 aromatic carbocycles. The minimum atomic E-state index is -0.358. The van der Waals surface area contributed by atoms with Gasteiger partial charge in [-0.3, -0.25) is 4.90 Å². The number of aromatic nitrogens is 2. The fourth-order valence-electron chi connectivity index (χ4n) is 4.29. The SMILES string of the molecule is CC1=Cc2c(ccc(Nc3nc(Nc4cccc(OCCN5CCOCC5)c4)ncc3C#N)c2F)C1. The average Bonchev–Trinajstić information content (AvgIpc) is 3.28. The molecule has 0 unspecified atom stereocenters. The molecule has 184 valence electrons. The molecule has 0 spiro atoms. The normalized spacial score (nSPS) is 15.1. The van der Waals surface area contributed by atoms with Gasteiger partial charge in [-0.2, -0.15) is 10.2 Å². The minimum Gasteiger partial charge on any atom is -0.492 e. The van der Waals surface area contributed by atoms with Gasteiger partial charge in [-0.15, -0.1) is 0 Å². The third-order valence-corrected chi connectivity index (χ3v) is 6.16. The molecule has 9 heteroatoms. The average molecular weight is 487 g/mol. The van der Waals surface area contributed by atoms with E-state index in [1.54, 1.807) is 6.07 Å². The summed E-state index contributed by atoms with van der Waals surface area (Å²) in [5, 5.41) is 15.6. The highest BCUT2D eigenvalue weighted by molar-refractivity contribution is 5.72. The smallest absolute Gasteiger partial charge is 0.229 e. The lowest BCUT2D eigenvalue weighted by Gasteiger charge is -2.26. The Labute approximate surface area is 209 Å². The van der Waals surface area contributed by atoms with E-state index in [4.69, 9.17) is 9.47 Å². The summed E-state index contributed by atoms with van der Waals surface area (Å²) in [6, 6.07) is 13.1. The van der Waals surface area contributed by atoms with Crippen LogP contribution in [0.2, 0.25) is 0 Å². The van der Waals surface area contributed by atoms with Gasteiger partial charge in [0, 0.05) is 37.0 Å². The Balaban J connectivity index is 1.28. The van der Waals surface area contributed by atoms with Crippen LogP contribution in [0.3, 0.4) is 0 Å². The summed E-state index contributed by atoms with van der Waals surface area (Å²) < 4.78 is 26.4. The predicted molar refractivity (Wildman–Crippen MR) is 136 cm³/mol. The third kappa shape index (κ3) is 5.46. The van der Waals surface area contributed by atoms with Crippen LogP contribution in [0.5, 0.6) is 5.75 Å². The molecule has 3 aromatic rings. The van der Waals surface area contributed by atoms with Crippen molar-refractivity contribution in [2.45, 2.75) is 13.3 Å². The molecule has 0 atom stereocenters. The molecule has 1 aliphatic heterocycles. The molecular formula is C27H27FN6O2. The highest BCUT2D eigenvalue weighted by Gasteiger charge is 2.18. The van der Waals surface area contributed by atoms with Crippen molar-refractivity contribution in [3.63, 3.8) is 0 Å². The van der Waals surface area contributed by atoms with Gasteiger partial charge in [0.1, 0.15) is 24.0 Å². The van der Waals surface area contributed by atoms with Crippen LogP contribution < -0.4 is 15.4 Å². The number of hydrogen-bond acceptors (Lipinski definition) is 8. The number of ether oxygens (including phenoxy) is 2. The number of nitrogens with zero attached hydrogens (tertiary/aromatic N) is 4. The second-order valence-electron chi connectivity index (χ2n) is 8.82. The van der Waals surface area contributed by atoms with Crippen molar-refractivity contribution >= 4 is 29.2 Å². The molecule has 2 heterocycles. The molecule has 1 aliphatic carbocycles. The van der Waals surface area contributed by atoms with Gasteiger partial charge in [-0.1, -0.05) is 23.8 Å². The molecule has 2 N–H and O–H groups in total. The number of benzene rings is 2. The van der Waals surface area contributed by atoms with Crippen LogP contribution in [0, 0.1) is 17.1 Å². The minimum absolute atomic E-state index is 0.215. The van der Waals surface area contributed by atoms with Crippen molar-refractivity contribution in [2.24, 2.45) is 0 Å². The topological polar surface area (TPSA) is 95.3 Å². The quantitative estimate of drug-likeness (QED) is 0.475. The monoisotopic (exact) mass is 486 g/mol. The first-order valence-corrected chi connectivity index (χ1v) is 11.9. The Kier molecular flexibility index (Phi) is 7.07. The number of nitrogens with one attached hydrogen (secondary N) is 2. The molecule has 2 aliphatic rings. The lowest BCUT2D eigenvalue weighted by atomic mass is 10.1. The molecule has 0 bridgehead atoms. The van der Waals surface area contributed by atoms with Gasteiger partial charge in [0.15, 0.2) is 11.6 Å². The zero-order chi connectivity index (χ0) is 24.9. The molecule has 1 aromatic heterocycles. The summed E-state index contributed by atoms with van der Waals surface area (Å²) in [6.45, 7) is 6.75. The van der Waals surface area contributed by atoms with Gasteiger partial charge in [0.2, 0.25) is 5.95 Å². The highest BCUT2D eigenvalue weighted by Crippen LogP contribution is 2.32. The van der Waals surface area contributed by atoms with E-state index in [9.17, 15) is 5.26 Å². The highest BCUT2D eigenvalue weighted by atomic mass is 19.1. The van der Waals surface area contributed by atoms with Crippen LogP contribution in [0.15, 0.2) is 48.2 Å². The standard InChI is InChI=1S/C27H27FN6O2/c1-18-13-19-5-6-24(25(28)23(19)14-18)32-26-20(16-29)17-30-27(33-26)31-21-3-2-4-22(15-21)36-12-9-34-7-10-35-11-8-34/h2-6,14-15,17H,7-13H2,1H3,(H2,30,31,32,33). The number of rotatable bonds is 8. The first-order valence-electron chi connectivity index (χ1n) is 11.9. The number of morpholine rings is 1. The van der Waals surface area contributed by atoms with Gasteiger partial charge in [0.25, 0.3) is 0 Å². The van der Waals surface area contributed by atoms with Crippen molar-refractivity contribution in [1.29, 1.82) is 5.26 Å². The van der Waals surface area contributed by atoms with E-state index in [1.807, 2.05) is 43.3 Å². The zero-order valence-corrected chi connectivity index (χ0v) is 20.1. The fraction of sp³-hybridized carbons (Fsp3) is 0.296. The molecular weight excluding hydrogens is 459 g/mol. The van der Waals surface area contributed by atoms with Crippen molar-refractivity contribution < 1.29 is 13.9 Å². The Hall–Kier alpha value is -4.00. The Morgan fingerprint density at radius 2 is 2.06 bits per heavy atom. The Morgan fingerprint density at radius 1 is 1.19 bits per heavy atom. The molecule has 36 heavy (non-hydrogen) atoms. The summed E-state index contributed by atoms with van der Waals surface area (Å²) in [4.78, 5) is 11.0. The molecule has 0 radical (unpaired) electrons. The lowest BCUT2D eigenvalue weighted by molar-refractivity contribution is 0.0322. The van der Waals surface area contributed by atoms with Crippen molar-refractivity contribution in [3.05, 3.63) is 70.7 Å². The van der Waals surface area contributed by atoms with Gasteiger partial charge >= 0.3 is 0 Å². The summed E-state index contributed by atoms with van der Waals surface area (Å²) in [5.74, 6) is 0.872. The van der Waals surface area contributed by atoms with Crippen LogP contribution in [-0.2, 0) is 11.2 Å².